The van der Waals surface area contributed by atoms with E-state index in [0.717, 1.165) is 40.9 Å². The second kappa shape index (κ2) is 10.2. The van der Waals surface area contributed by atoms with Crippen LogP contribution >= 0.6 is 0 Å². The zero-order valence-electron chi connectivity index (χ0n) is 20.2. The molecule has 0 N–H and O–H groups in total. The summed E-state index contributed by atoms with van der Waals surface area (Å²) in [6.07, 6.45) is 1.75. The molecule has 170 valence electrons. The molecule has 4 nitrogen and oxygen atoms in total. The molecule has 1 heterocycles. The normalized spacial score (nSPS) is 11.0. The number of furan rings is 1. The third-order valence-electron chi connectivity index (χ3n) is 6.01. The number of rotatable bonds is 7. The molecule has 1 aromatic heterocycles. The van der Waals surface area contributed by atoms with Crippen LogP contribution in [0, 0.1) is 25.2 Å². The Balaban J connectivity index is 1.77. The van der Waals surface area contributed by atoms with E-state index in [2.05, 4.69) is 48.9 Å². The van der Waals surface area contributed by atoms with E-state index in [-0.39, 0.29) is 0 Å². The highest BCUT2D eigenvalue weighted by molar-refractivity contribution is 5.90. The Hall–Kier alpha value is -4.10. The Morgan fingerprint density at radius 1 is 0.824 bits per heavy atom. The molecular formula is C30H29N3O. The van der Waals surface area contributed by atoms with Gasteiger partial charge in [0, 0.05) is 36.1 Å². The molecule has 3 aromatic carbocycles. The van der Waals surface area contributed by atoms with Crippen LogP contribution < -0.4 is 4.90 Å². The minimum atomic E-state index is 0.321. The SMILES string of the molecule is CCN(CC)c1ccc(C=Nc2oc(-c3ccc(C)cc3)c(-c3ccc(C)cc3)c2C#N)cc1. The van der Waals surface area contributed by atoms with Crippen molar-refractivity contribution in [2.24, 2.45) is 4.99 Å². The van der Waals surface area contributed by atoms with Crippen molar-refractivity contribution in [3.05, 3.63) is 95.1 Å². The molecule has 34 heavy (non-hydrogen) atoms. The van der Waals surface area contributed by atoms with Crippen LogP contribution in [-0.4, -0.2) is 19.3 Å². The summed E-state index contributed by atoms with van der Waals surface area (Å²) in [5.41, 5.74) is 7.53. The molecule has 0 bridgehead atoms. The molecule has 0 spiro atoms. The van der Waals surface area contributed by atoms with Gasteiger partial charge in [0.2, 0.25) is 5.88 Å². The molecule has 0 atom stereocenters. The third kappa shape index (κ3) is 4.79. The van der Waals surface area contributed by atoms with E-state index in [4.69, 9.17) is 4.42 Å². The lowest BCUT2D eigenvalue weighted by atomic mass is 9.97. The van der Waals surface area contributed by atoms with Gasteiger partial charge in [-0.1, -0.05) is 71.8 Å². The highest BCUT2D eigenvalue weighted by atomic mass is 16.4. The van der Waals surface area contributed by atoms with Gasteiger partial charge in [0.05, 0.1) is 0 Å². The number of nitriles is 1. The quantitative estimate of drug-likeness (QED) is 0.273. The standard InChI is InChI=1S/C30H29N3O/c1-5-33(6-2)26-17-11-23(12-18-26)20-32-30-27(19-31)28(24-13-7-21(3)8-14-24)29(34-30)25-15-9-22(4)10-16-25/h7-18,20H,5-6H2,1-4H3. The Morgan fingerprint density at radius 3 is 1.91 bits per heavy atom. The van der Waals surface area contributed by atoms with Gasteiger partial charge in [0.25, 0.3) is 0 Å². The summed E-state index contributed by atoms with van der Waals surface area (Å²) >= 11 is 0. The summed E-state index contributed by atoms with van der Waals surface area (Å²) in [6, 6.07) is 26.9. The highest BCUT2D eigenvalue weighted by Gasteiger charge is 2.22. The van der Waals surface area contributed by atoms with Gasteiger partial charge in [-0.2, -0.15) is 5.26 Å². The molecule has 0 saturated carbocycles. The van der Waals surface area contributed by atoms with Crippen molar-refractivity contribution in [1.29, 1.82) is 5.26 Å². The molecule has 4 rings (SSSR count). The van der Waals surface area contributed by atoms with Crippen molar-refractivity contribution < 1.29 is 4.42 Å². The molecule has 0 saturated heterocycles. The second-order valence-corrected chi connectivity index (χ2v) is 8.35. The summed E-state index contributed by atoms with van der Waals surface area (Å²) in [7, 11) is 0. The van der Waals surface area contributed by atoms with E-state index in [1.54, 1.807) is 6.21 Å². The van der Waals surface area contributed by atoms with E-state index < -0.39 is 0 Å². The van der Waals surface area contributed by atoms with Gasteiger partial charge in [0.1, 0.15) is 17.4 Å². The van der Waals surface area contributed by atoms with E-state index >= 15 is 0 Å². The van der Waals surface area contributed by atoms with Gasteiger partial charge in [-0.3, -0.25) is 0 Å². The maximum atomic E-state index is 10.1. The van der Waals surface area contributed by atoms with Crippen LogP contribution in [0.3, 0.4) is 0 Å². The van der Waals surface area contributed by atoms with Crippen LogP contribution in [0.25, 0.3) is 22.5 Å². The van der Waals surface area contributed by atoms with Gasteiger partial charge in [-0.05, 0) is 51.0 Å². The lowest BCUT2D eigenvalue weighted by Gasteiger charge is -2.20. The fraction of sp³-hybridized carbons (Fsp3) is 0.200. The first-order chi connectivity index (χ1) is 16.5. The molecule has 0 aliphatic rings. The number of hydrogen-bond donors (Lipinski definition) is 0. The van der Waals surface area contributed by atoms with Crippen molar-refractivity contribution >= 4 is 17.8 Å². The van der Waals surface area contributed by atoms with Crippen LogP contribution in [0.15, 0.2) is 82.2 Å². The topological polar surface area (TPSA) is 52.5 Å². The fourth-order valence-electron chi connectivity index (χ4n) is 4.01. The number of nitrogens with zero attached hydrogens (tertiary/aromatic N) is 3. The second-order valence-electron chi connectivity index (χ2n) is 8.35. The van der Waals surface area contributed by atoms with E-state index in [1.165, 1.54) is 11.3 Å². The average Bonchev–Trinajstić information content (AvgIpc) is 3.23. The van der Waals surface area contributed by atoms with E-state index in [9.17, 15) is 5.26 Å². The number of aliphatic imine (C=N–C) groups is 1. The largest absolute Gasteiger partial charge is 0.436 e. The molecule has 0 amide bonds. The Morgan fingerprint density at radius 2 is 1.38 bits per heavy atom. The summed E-state index contributed by atoms with van der Waals surface area (Å²) in [5.74, 6) is 0.978. The van der Waals surface area contributed by atoms with Gasteiger partial charge in [0.15, 0.2) is 0 Å². The molecule has 0 aliphatic heterocycles. The van der Waals surface area contributed by atoms with Crippen LogP contribution in [0.5, 0.6) is 0 Å². The minimum absolute atomic E-state index is 0.321. The zero-order valence-corrected chi connectivity index (χ0v) is 20.2. The minimum Gasteiger partial charge on any atom is -0.436 e. The molecule has 0 fully saturated rings. The fourth-order valence-corrected chi connectivity index (χ4v) is 4.01. The lowest BCUT2D eigenvalue weighted by molar-refractivity contribution is 0.593. The van der Waals surface area contributed by atoms with Crippen molar-refractivity contribution in [3.8, 4) is 28.5 Å². The summed E-state index contributed by atoms with van der Waals surface area (Å²) in [4.78, 5) is 6.90. The summed E-state index contributed by atoms with van der Waals surface area (Å²) < 4.78 is 6.24. The first-order valence-electron chi connectivity index (χ1n) is 11.6. The van der Waals surface area contributed by atoms with Gasteiger partial charge < -0.3 is 9.32 Å². The lowest BCUT2D eigenvalue weighted by Crippen LogP contribution is -2.21. The zero-order chi connectivity index (χ0) is 24.1. The van der Waals surface area contributed by atoms with Crippen molar-refractivity contribution in [2.75, 3.05) is 18.0 Å². The Labute approximate surface area is 201 Å². The molecular weight excluding hydrogens is 418 g/mol. The highest BCUT2D eigenvalue weighted by Crippen LogP contribution is 2.42. The number of benzene rings is 3. The van der Waals surface area contributed by atoms with Crippen molar-refractivity contribution in [2.45, 2.75) is 27.7 Å². The molecule has 0 aliphatic carbocycles. The van der Waals surface area contributed by atoms with E-state index in [0.29, 0.717) is 17.2 Å². The van der Waals surface area contributed by atoms with Gasteiger partial charge in [-0.25, -0.2) is 4.99 Å². The van der Waals surface area contributed by atoms with Gasteiger partial charge in [-0.15, -0.1) is 0 Å². The molecule has 4 aromatic rings. The van der Waals surface area contributed by atoms with Crippen LogP contribution in [-0.2, 0) is 0 Å². The monoisotopic (exact) mass is 447 g/mol. The van der Waals surface area contributed by atoms with E-state index in [1.807, 2.05) is 67.6 Å². The Bertz CT molecular complexity index is 1320. The summed E-state index contributed by atoms with van der Waals surface area (Å²) in [6.45, 7) is 10.3. The van der Waals surface area contributed by atoms with Crippen LogP contribution in [0.2, 0.25) is 0 Å². The van der Waals surface area contributed by atoms with Crippen molar-refractivity contribution in [1.82, 2.24) is 0 Å². The maximum Gasteiger partial charge on any atom is 0.238 e. The number of hydrogen-bond acceptors (Lipinski definition) is 4. The van der Waals surface area contributed by atoms with Crippen LogP contribution in [0.4, 0.5) is 11.6 Å². The summed E-state index contributed by atoms with van der Waals surface area (Å²) in [5, 5.41) is 10.1. The molecule has 4 heteroatoms. The Kier molecular flexibility index (Phi) is 6.94. The van der Waals surface area contributed by atoms with Crippen LogP contribution in [0.1, 0.15) is 36.1 Å². The first kappa shape index (κ1) is 23.1. The van der Waals surface area contributed by atoms with Gasteiger partial charge >= 0.3 is 0 Å². The maximum absolute atomic E-state index is 10.1. The smallest absolute Gasteiger partial charge is 0.238 e. The van der Waals surface area contributed by atoms with Crippen molar-refractivity contribution in [3.63, 3.8) is 0 Å². The number of anilines is 1. The average molecular weight is 448 g/mol. The predicted octanol–water partition coefficient (Wildman–Crippen LogP) is 7.70. The predicted molar refractivity (Wildman–Crippen MR) is 141 cm³/mol. The first-order valence-corrected chi connectivity index (χ1v) is 11.6. The number of aryl methyl sites for hydroxylation is 2. The third-order valence-corrected chi connectivity index (χ3v) is 6.01. The molecule has 0 unspecified atom stereocenters. The molecule has 0 radical (unpaired) electrons.